The predicted molar refractivity (Wildman–Crippen MR) is 229 cm³/mol. The Labute approximate surface area is 319 Å². The summed E-state index contributed by atoms with van der Waals surface area (Å²) in [5, 5.41) is 5.83. The molecule has 0 radical (unpaired) electrons. The molecule has 7 aromatic carbocycles. The van der Waals surface area contributed by atoms with Crippen LogP contribution in [-0.2, 0) is 5.41 Å². The molecule has 0 amide bonds. The van der Waals surface area contributed by atoms with Gasteiger partial charge in [0.2, 0.25) is 0 Å². The molecule has 0 fully saturated rings. The SMILES string of the molecule is CC1(C)c2ccccc2-c2nc3ccc4ccccc4c3c(-c3cccc(-c4ccc(-c5ccc6ccc7ccc(-c8ccccc8)nc7c6n5)cc4)c3)c21. The Hall–Kier alpha value is -6.97. The second-order valence-electron chi connectivity index (χ2n) is 15.2. The van der Waals surface area contributed by atoms with E-state index in [-0.39, 0.29) is 5.41 Å². The summed E-state index contributed by atoms with van der Waals surface area (Å²) in [4.78, 5) is 15.7. The standard InChI is InChI=1S/C52H35N3/c1-52(2)42-18-9-8-17-41(42)51-48(52)46(47-40-16-7-6-11-33(40)25-30-45(47)55-51)39-15-10-14-38(31-39)32-19-21-35(22-20-32)44-29-27-37-24-23-36-26-28-43(34-12-4-3-5-13-34)53-49(36)50(37)54-44/h3-31H,1-2H3. The van der Waals surface area contributed by atoms with Crippen molar-refractivity contribution in [1.29, 1.82) is 0 Å². The van der Waals surface area contributed by atoms with Crippen molar-refractivity contribution in [1.82, 2.24) is 15.0 Å². The van der Waals surface area contributed by atoms with Gasteiger partial charge in [-0.2, -0.15) is 0 Å². The molecule has 0 saturated carbocycles. The first-order chi connectivity index (χ1) is 27.0. The predicted octanol–water partition coefficient (Wildman–Crippen LogP) is 13.5. The summed E-state index contributed by atoms with van der Waals surface area (Å²) in [6, 6.07) is 62.9. The van der Waals surface area contributed by atoms with Crippen molar-refractivity contribution in [2.24, 2.45) is 0 Å². The smallest absolute Gasteiger partial charge is 0.0972 e. The van der Waals surface area contributed by atoms with E-state index in [1.54, 1.807) is 0 Å². The van der Waals surface area contributed by atoms with Crippen LogP contribution in [0.4, 0.5) is 0 Å². The molecule has 0 atom stereocenters. The highest BCUT2D eigenvalue weighted by molar-refractivity contribution is 6.16. The van der Waals surface area contributed by atoms with Gasteiger partial charge >= 0.3 is 0 Å². The summed E-state index contributed by atoms with van der Waals surface area (Å²) in [5.74, 6) is 0. The van der Waals surface area contributed by atoms with Crippen LogP contribution in [0.2, 0.25) is 0 Å². The summed E-state index contributed by atoms with van der Waals surface area (Å²) in [6.07, 6.45) is 0. The minimum atomic E-state index is -0.214. The summed E-state index contributed by atoms with van der Waals surface area (Å²) in [5.41, 5.74) is 16.4. The van der Waals surface area contributed by atoms with Gasteiger partial charge in [-0.15, -0.1) is 0 Å². The zero-order valence-electron chi connectivity index (χ0n) is 30.6. The third-order valence-electron chi connectivity index (χ3n) is 11.6. The summed E-state index contributed by atoms with van der Waals surface area (Å²) >= 11 is 0. The number of nitrogens with zero attached hydrogens (tertiary/aromatic N) is 3. The molecular formula is C52H35N3. The molecule has 1 aliphatic rings. The Kier molecular flexibility index (Phi) is 6.90. The summed E-state index contributed by atoms with van der Waals surface area (Å²) in [7, 11) is 0. The number of aromatic nitrogens is 3. The first kappa shape index (κ1) is 31.5. The van der Waals surface area contributed by atoms with E-state index >= 15 is 0 Å². The molecule has 3 heteroatoms. The van der Waals surface area contributed by atoms with Gasteiger partial charge in [0, 0.05) is 38.3 Å². The molecule has 10 aromatic rings. The molecule has 0 aliphatic heterocycles. The molecule has 3 heterocycles. The maximum Gasteiger partial charge on any atom is 0.0972 e. The lowest BCUT2D eigenvalue weighted by Gasteiger charge is -2.26. The van der Waals surface area contributed by atoms with E-state index in [0.717, 1.165) is 61.1 Å². The van der Waals surface area contributed by atoms with Crippen molar-refractivity contribution in [3.05, 3.63) is 187 Å². The molecule has 3 aromatic heterocycles. The molecule has 55 heavy (non-hydrogen) atoms. The van der Waals surface area contributed by atoms with Gasteiger partial charge in [-0.25, -0.2) is 15.0 Å². The highest BCUT2D eigenvalue weighted by Gasteiger charge is 2.39. The van der Waals surface area contributed by atoms with Gasteiger partial charge in [0.15, 0.2) is 0 Å². The van der Waals surface area contributed by atoms with E-state index in [4.69, 9.17) is 15.0 Å². The Morgan fingerprint density at radius 1 is 0.418 bits per heavy atom. The van der Waals surface area contributed by atoms with Gasteiger partial charge in [-0.3, -0.25) is 0 Å². The van der Waals surface area contributed by atoms with Crippen LogP contribution in [0.25, 0.3) is 99.5 Å². The molecule has 0 spiro atoms. The third-order valence-corrected chi connectivity index (χ3v) is 11.6. The van der Waals surface area contributed by atoms with E-state index in [2.05, 4.69) is 184 Å². The lowest BCUT2D eigenvalue weighted by Crippen LogP contribution is -2.16. The van der Waals surface area contributed by atoms with E-state index in [1.807, 2.05) is 6.07 Å². The molecule has 0 unspecified atom stereocenters. The van der Waals surface area contributed by atoms with Gasteiger partial charge in [0.05, 0.1) is 33.6 Å². The second-order valence-corrected chi connectivity index (χ2v) is 15.2. The van der Waals surface area contributed by atoms with Crippen LogP contribution in [-0.4, -0.2) is 15.0 Å². The maximum absolute atomic E-state index is 5.39. The molecule has 0 saturated heterocycles. The van der Waals surface area contributed by atoms with Crippen LogP contribution in [0.15, 0.2) is 176 Å². The lowest BCUT2D eigenvalue weighted by molar-refractivity contribution is 0.662. The van der Waals surface area contributed by atoms with Gasteiger partial charge in [-0.05, 0) is 68.4 Å². The van der Waals surface area contributed by atoms with Crippen LogP contribution >= 0.6 is 0 Å². The Balaban J connectivity index is 1.03. The average Bonchev–Trinajstić information content (AvgIpc) is 3.48. The van der Waals surface area contributed by atoms with Crippen molar-refractivity contribution in [2.45, 2.75) is 19.3 Å². The quantitative estimate of drug-likeness (QED) is 0.171. The first-order valence-electron chi connectivity index (χ1n) is 18.9. The topological polar surface area (TPSA) is 38.7 Å². The summed E-state index contributed by atoms with van der Waals surface area (Å²) in [6.45, 7) is 4.70. The fourth-order valence-corrected chi connectivity index (χ4v) is 8.88. The number of pyridine rings is 3. The van der Waals surface area contributed by atoms with Gasteiger partial charge in [-0.1, -0.05) is 166 Å². The van der Waals surface area contributed by atoms with Crippen LogP contribution in [0.3, 0.4) is 0 Å². The molecule has 11 rings (SSSR count). The van der Waals surface area contributed by atoms with Gasteiger partial charge < -0.3 is 0 Å². The zero-order valence-corrected chi connectivity index (χ0v) is 30.6. The lowest BCUT2D eigenvalue weighted by atomic mass is 9.77. The van der Waals surface area contributed by atoms with Crippen molar-refractivity contribution in [3.63, 3.8) is 0 Å². The highest BCUT2D eigenvalue weighted by Crippen LogP contribution is 2.54. The third kappa shape index (κ3) is 4.93. The van der Waals surface area contributed by atoms with Crippen molar-refractivity contribution in [2.75, 3.05) is 0 Å². The largest absolute Gasteiger partial charge is 0.247 e. The van der Waals surface area contributed by atoms with E-state index in [9.17, 15) is 0 Å². The van der Waals surface area contributed by atoms with Crippen LogP contribution in [0, 0.1) is 0 Å². The molecule has 1 aliphatic carbocycles. The Morgan fingerprint density at radius 2 is 1.00 bits per heavy atom. The molecule has 3 nitrogen and oxygen atoms in total. The van der Waals surface area contributed by atoms with Crippen molar-refractivity contribution < 1.29 is 0 Å². The fourth-order valence-electron chi connectivity index (χ4n) is 8.88. The Morgan fingerprint density at radius 3 is 1.76 bits per heavy atom. The number of hydrogen-bond acceptors (Lipinski definition) is 3. The highest BCUT2D eigenvalue weighted by atomic mass is 14.8. The number of fused-ring (bicyclic) bond motifs is 9. The van der Waals surface area contributed by atoms with Crippen molar-refractivity contribution in [3.8, 4) is 56.0 Å². The molecular weight excluding hydrogens is 667 g/mol. The second kappa shape index (κ2) is 12.0. The number of hydrogen-bond donors (Lipinski definition) is 0. The minimum absolute atomic E-state index is 0.214. The zero-order chi connectivity index (χ0) is 36.7. The van der Waals surface area contributed by atoms with Crippen molar-refractivity contribution >= 4 is 43.5 Å². The number of benzene rings is 7. The van der Waals surface area contributed by atoms with Gasteiger partial charge in [0.25, 0.3) is 0 Å². The first-order valence-corrected chi connectivity index (χ1v) is 18.9. The summed E-state index contributed by atoms with van der Waals surface area (Å²) < 4.78 is 0. The van der Waals surface area contributed by atoms with E-state index in [1.165, 1.54) is 49.5 Å². The normalized spacial score (nSPS) is 13.1. The van der Waals surface area contributed by atoms with E-state index in [0.29, 0.717) is 0 Å². The van der Waals surface area contributed by atoms with Crippen LogP contribution < -0.4 is 0 Å². The molecule has 0 N–H and O–H groups in total. The monoisotopic (exact) mass is 701 g/mol. The van der Waals surface area contributed by atoms with Gasteiger partial charge in [0.1, 0.15) is 0 Å². The number of rotatable bonds is 4. The average molecular weight is 702 g/mol. The fraction of sp³-hybridized carbons (Fsp3) is 0.0577. The maximum atomic E-state index is 5.39. The minimum Gasteiger partial charge on any atom is -0.247 e. The van der Waals surface area contributed by atoms with Crippen LogP contribution in [0.5, 0.6) is 0 Å². The Bertz CT molecular complexity index is 3160. The van der Waals surface area contributed by atoms with E-state index < -0.39 is 0 Å². The van der Waals surface area contributed by atoms with Crippen LogP contribution in [0.1, 0.15) is 25.0 Å². The molecule has 258 valence electrons. The molecule has 0 bridgehead atoms.